The van der Waals surface area contributed by atoms with Crippen LogP contribution < -0.4 is 32.7 Å². The third-order valence-corrected chi connectivity index (χ3v) is 18.2. The number of nitrogens with one attached hydrogen (secondary N) is 6. The van der Waals surface area contributed by atoms with Gasteiger partial charge in [-0.25, -0.2) is 77.4 Å². The van der Waals surface area contributed by atoms with E-state index >= 15 is 0 Å². The van der Waals surface area contributed by atoms with E-state index in [9.17, 15) is 52.7 Å². The van der Waals surface area contributed by atoms with Crippen LogP contribution in [-0.4, -0.2) is 189 Å². The van der Waals surface area contributed by atoms with Crippen molar-refractivity contribution in [3.8, 4) is 0 Å². The van der Waals surface area contributed by atoms with Gasteiger partial charge >= 0.3 is 31.2 Å². The molecule has 0 bridgehead atoms. The lowest BCUT2D eigenvalue weighted by Crippen LogP contribution is -2.27. The first-order valence-corrected chi connectivity index (χ1v) is 32.3. The summed E-state index contributed by atoms with van der Waals surface area (Å²) in [6, 6.07) is 0. The van der Waals surface area contributed by atoms with E-state index in [1.165, 1.54) is 79.3 Å². The number of phosphoric ester groups is 1. The zero-order valence-electron chi connectivity index (χ0n) is 46.0. The van der Waals surface area contributed by atoms with Crippen molar-refractivity contribution in [1.82, 2.24) is 88.9 Å². The molecule has 2 fully saturated rings. The van der Waals surface area contributed by atoms with Crippen molar-refractivity contribution in [2.75, 3.05) is 61.5 Å². The summed E-state index contributed by atoms with van der Waals surface area (Å²) in [4.78, 5) is 122. The van der Waals surface area contributed by atoms with Crippen LogP contribution in [0, 0.1) is 0 Å². The van der Waals surface area contributed by atoms with E-state index in [0.717, 1.165) is 10.7 Å². The normalized spacial score (nSPS) is 20.5. The Morgan fingerprint density at radius 2 is 1.11 bits per heavy atom. The second kappa shape index (κ2) is 28.4. The predicted octanol–water partition coefficient (Wildman–Crippen LogP) is 0.981. The molecule has 2 aliphatic rings. The molecule has 2 saturated heterocycles. The minimum Gasteiger partial charge on any atom is -0.390 e. The first kappa shape index (κ1) is 67.0. The highest BCUT2D eigenvalue weighted by molar-refractivity contribution is 7.66. The third-order valence-electron chi connectivity index (χ3n) is 13.1. The minimum atomic E-state index is -5.72. The number of hydrogen-bond acceptors (Lipinski definition) is 29. The second-order valence-corrected chi connectivity index (χ2v) is 25.2. The van der Waals surface area contributed by atoms with Gasteiger partial charge in [0, 0.05) is 87.1 Å². The first-order valence-electron chi connectivity index (χ1n) is 26.2. The summed E-state index contributed by atoms with van der Waals surface area (Å²) in [7, 11) is -20.9. The molecule has 2 aliphatic heterocycles. The summed E-state index contributed by atoms with van der Waals surface area (Å²) in [6.45, 7) is 0.107. The molecule has 2 amide bonds. The fourth-order valence-electron chi connectivity index (χ4n) is 9.13. The molecule has 0 saturated carbocycles. The molecule has 45 heteroatoms. The molecule has 0 radical (unpaired) electrons. The number of imidazole rings is 3. The van der Waals surface area contributed by atoms with Gasteiger partial charge in [0.2, 0.25) is 11.8 Å². The van der Waals surface area contributed by atoms with Gasteiger partial charge in [0.05, 0.1) is 48.8 Å². The molecule has 91 heavy (non-hydrogen) atoms. The molecule has 11 heterocycles. The number of aromatic nitrogens is 16. The van der Waals surface area contributed by atoms with E-state index in [1.54, 1.807) is 16.8 Å². The van der Waals surface area contributed by atoms with Gasteiger partial charge in [-0.15, -0.1) is 0 Å². The molecule has 9 aromatic heterocycles. The Morgan fingerprint density at radius 3 is 1.57 bits per heavy atom. The summed E-state index contributed by atoms with van der Waals surface area (Å²) in [5, 5.41) is 33.7. The molecule has 0 spiro atoms. The summed E-state index contributed by atoms with van der Waals surface area (Å²) < 4.78 is 79.9. The van der Waals surface area contributed by atoms with E-state index in [2.05, 4.69) is 99.2 Å². The number of ether oxygens (including phenoxy) is 2. The molecule has 17 N–H and O–H groups in total. The SMILES string of the molecule is C.Nc1ncnc2c1c(/C=C/C(=O)NCCNc1ncnc3nc[nH]c13)cn2[C@H]1CC(O)[C@@H](COP(=O)(O)OP(=O)(O)OP(=O)(O)O)O1.Nc1ncnc2c1c(/C=C/C(=O)NCCNc1ncnc3nc[nH]c13)cn2[C@H]1CC(O)[C@@H](COP(=O)(O)n2ccnc2)O1. The quantitative estimate of drug-likeness (QED) is 0.0215. The molecule has 9 aromatic rings. The number of aromatic amines is 2. The maximum Gasteiger partial charge on any atom is 0.490 e. The number of nitrogens with two attached hydrogens (primary N) is 2. The minimum absolute atomic E-state index is 0. The first-order chi connectivity index (χ1) is 42.9. The van der Waals surface area contributed by atoms with Crippen LogP contribution in [0.5, 0.6) is 0 Å². The lowest BCUT2D eigenvalue weighted by atomic mass is 10.2. The molecule has 41 nitrogen and oxygen atoms in total. The lowest BCUT2D eigenvalue weighted by Gasteiger charge is -2.19. The van der Waals surface area contributed by atoms with Crippen LogP contribution in [0.1, 0.15) is 43.9 Å². The number of rotatable bonds is 25. The van der Waals surface area contributed by atoms with Crippen LogP contribution in [0.2, 0.25) is 0 Å². The number of nitrogens with zero attached hydrogens (tertiary/aromatic N) is 14. The number of H-pyrrole nitrogens is 2. The molecule has 5 unspecified atom stereocenters. The Morgan fingerprint density at radius 1 is 0.637 bits per heavy atom. The van der Waals surface area contributed by atoms with Gasteiger partial charge in [-0.3, -0.25) is 18.6 Å². The maximum absolute atomic E-state index is 12.5. The average Bonchev–Trinajstić information content (AvgIpc) is 1.63. The van der Waals surface area contributed by atoms with Crippen LogP contribution in [0.15, 0.2) is 81.2 Å². The van der Waals surface area contributed by atoms with Gasteiger partial charge < -0.3 is 96.0 Å². The van der Waals surface area contributed by atoms with Crippen molar-refractivity contribution in [1.29, 1.82) is 0 Å². The zero-order valence-corrected chi connectivity index (χ0v) is 49.6. The molecular formula is C46H58N22O19P4. The average molecular weight is 1350 g/mol. The van der Waals surface area contributed by atoms with Crippen molar-refractivity contribution >= 4 is 123 Å². The number of carbonyl (C=O) groups excluding carboxylic acids is 2. The van der Waals surface area contributed by atoms with E-state index in [4.69, 9.17) is 35.3 Å². The Balaban J connectivity index is 0.000000214. The van der Waals surface area contributed by atoms with Crippen molar-refractivity contribution in [2.45, 2.75) is 57.1 Å². The Hall–Kier alpha value is -8.43. The number of fused-ring (bicyclic) bond motifs is 4. The molecule has 0 aliphatic carbocycles. The monoisotopic (exact) mass is 1350 g/mol. The molecular weight excluding hydrogens is 1290 g/mol. The molecule has 0 aromatic carbocycles. The molecule has 486 valence electrons. The van der Waals surface area contributed by atoms with Gasteiger partial charge in [-0.2, -0.15) is 8.62 Å². The van der Waals surface area contributed by atoms with Crippen LogP contribution in [0.25, 0.3) is 56.5 Å². The summed E-state index contributed by atoms with van der Waals surface area (Å²) in [5.41, 5.74) is 16.2. The van der Waals surface area contributed by atoms with Gasteiger partial charge in [0.15, 0.2) is 22.9 Å². The Bertz CT molecular complexity index is 4310. The van der Waals surface area contributed by atoms with E-state index < -0.39 is 80.6 Å². The largest absolute Gasteiger partial charge is 0.490 e. The standard InChI is InChI=1S/C24H27N12O6P.C21H27N10O13P3.CH4/c25-21-19-14(1-2-17(38)27-3-4-28-22-20-23(31-10-29-20)33-12-32-22)8-36(24(19)34-11-30-21)18-7-15(37)16(42-18)9-41-43(39,40)35-6-5-26-13-35;22-18-16-11(1-2-14(33)23-3-4-24-19-17-20(27-8-25-17)29-10-28-19)6-31(21(16)30-9-26-18)15-5-12(32)13(42-15)7-41-46(37,38)44-47(39,40)43-45(34,35)36;/h1-2,5-6,8,10-13,15-16,18,37H,3-4,7,9H2,(H,27,38)(H,39,40)(H2,25,30,34)(H2,28,29,31,32,33);1-2,6,8-10,12-13,15,32H,3-5,7H2,(H,23,33)(H,37,38)(H,39,40)(H2,22,26,30)(H2,34,35,36)(H2,24,25,27,28,29);1H4/b2*2-1+;/t15?,16-,18-;12?,13-,15-;/m11./s1. The summed E-state index contributed by atoms with van der Waals surface area (Å²) >= 11 is 0. The number of phosphoric acid groups is 3. The number of aliphatic hydroxyl groups excluding tert-OH is 2. The Kier molecular flexibility index (Phi) is 20.9. The van der Waals surface area contributed by atoms with Gasteiger partial charge in [-0.1, -0.05) is 7.43 Å². The van der Waals surface area contributed by atoms with Crippen LogP contribution in [-0.2, 0) is 55.0 Å². The number of nitrogen functional groups attached to an aromatic ring is 2. The van der Waals surface area contributed by atoms with E-state index in [-0.39, 0.29) is 56.6 Å². The lowest BCUT2D eigenvalue weighted by molar-refractivity contribution is -0.117. The van der Waals surface area contributed by atoms with E-state index in [0.29, 0.717) is 81.1 Å². The van der Waals surface area contributed by atoms with Crippen LogP contribution in [0.3, 0.4) is 0 Å². The van der Waals surface area contributed by atoms with Gasteiger partial charge in [-0.05, 0) is 12.2 Å². The number of amides is 2. The van der Waals surface area contributed by atoms with E-state index in [1.807, 2.05) is 0 Å². The molecule has 9 atom stereocenters. The van der Waals surface area contributed by atoms with Crippen molar-refractivity contribution in [3.05, 3.63) is 92.4 Å². The summed E-state index contributed by atoms with van der Waals surface area (Å²) in [6.07, 6.45) is 14.9. The maximum atomic E-state index is 12.5. The second-order valence-electron chi connectivity index (χ2n) is 19.1. The zero-order chi connectivity index (χ0) is 64.0. The summed E-state index contributed by atoms with van der Waals surface area (Å²) in [5.74, 6) is 0.599. The fourth-order valence-corrected chi connectivity index (χ4v) is 13.1. The van der Waals surface area contributed by atoms with Crippen molar-refractivity contribution in [3.63, 3.8) is 0 Å². The van der Waals surface area contributed by atoms with Crippen molar-refractivity contribution in [2.24, 2.45) is 0 Å². The third kappa shape index (κ3) is 16.6. The number of anilines is 4. The highest BCUT2D eigenvalue weighted by Crippen LogP contribution is 2.66. The number of hydrogen-bond donors (Lipinski definition) is 15. The smallest absolute Gasteiger partial charge is 0.390 e. The van der Waals surface area contributed by atoms with Crippen molar-refractivity contribution < 1.29 is 89.7 Å². The Labute approximate surface area is 510 Å². The predicted molar refractivity (Wildman–Crippen MR) is 317 cm³/mol. The number of carbonyl (C=O) groups is 2. The molecule has 11 rings (SSSR count). The van der Waals surface area contributed by atoms with Gasteiger partial charge in [0.1, 0.15) is 90.3 Å². The highest BCUT2D eigenvalue weighted by atomic mass is 31.3. The fraction of sp³-hybridized carbons (Fsp3) is 0.326. The van der Waals surface area contributed by atoms with Crippen LogP contribution in [0.4, 0.5) is 23.3 Å². The van der Waals surface area contributed by atoms with Crippen LogP contribution >= 0.6 is 31.2 Å². The topological polar surface area (TPSA) is 588 Å². The highest BCUT2D eigenvalue weighted by Gasteiger charge is 2.44. The number of aliphatic hydroxyl groups is 2. The van der Waals surface area contributed by atoms with Gasteiger partial charge in [0.25, 0.3) is 0 Å².